The Labute approximate surface area is 430 Å². The maximum Gasteiger partial charge on any atom is 0.312 e. The van der Waals surface area contributed by atoms with E-state index in [2.05, 4.69) is 47.2 Å². The van der Waals surface area contributed by atoms with Crippen LogP contribution in [0.2, 0.25) is 0 Å². The summed E-state index contributed by atoms with van der Waals surface area (Å²) in [5, 5.41) is 19.4. The number of hydrogen-bond donors (Lipinski definition) is 12. The third kappa shape index (κ3) is 20.0. The molecule has 0 spiro atoms. The first-order valence-electron chi connectivity index (χ1n) is 25.1. The molecule has 9 amide bonds. The Morgan fingerprint density at radius 3 is 2.19 bits per heavy atom. The SMILES string of the molecule is CCCC[C@H](NC(C)=O)C(=O)N[C@H]1CCC(=O)NCC[C@@H](C(=O)N[C@@H](Cc2c[nH]c3ccccc23)C(N)=O)CC(=O)[C@H](CCCN=C(N)N)CC(=O)[C@@H](Cc2ccccc2)NC(=O)[C@H](CCCNC(N)=O)NC1=O. The molecule has 7 atom stereocenters. The number of aromatic amines is 1. The third-order valence-corrected chi connectivity index (χ3v) is 12.7. The molecule has 402 valence electrons. The first kappa shape index (κ1) is 58.7. The molecule has 1 aromatic heterocycles. The molecule has 23 nitrogen and oxygen atoms in total. The van der Waals surface area contributed by atoms with Crippen molar-refractivity contribution in [1.29, 1.82) is 0 Å². The maximum atomic E-state index is 14.7. The molecule has 1 saturated heterocycles. The van der Waals surface area contributed by atoms with Gasteiger partial charge >= 0.3 is 6.03 Å². The lowest BCUT2D eigenvalue weighted by Crippen LogP contribution is -2.58. The summed E-state index contributed by atoms with van der Waals surface area (Å²) in [6, 6.07) is 8.99. The molecule has 2 heterocycles. The summed E-state index contributed by atoms with van der Waals surface area (Å²) in [6.45, 7) is 3.10. The summed E-state index contributed by atoms with van der Waals surface area (Å²) in [5.41, 5.74) is 24.4. The molecule has 0 aliphatic carbocycles. The second kappa shape index (κ2) is 30.2. The summed E-state index contributed by atoms with van der Waals surface area (Å²) in [5.74, 6) is -8.45. The molecule has 0 bridgehead atoms. The van der Waals surface area contributed by atoms with E-state index in [0.717, 1.165) is 10.9 Å². The average molecular weight is 1030 g/mol. The van der Waals surface area contributed by atoms with Crippen molar-refractivity contribution >= 4 is 75.8 Å². The van der Waals surface area contributed by atoms with Crippen LogP contribution in [-0.2, 0) is 56.0 Å². The van der Waals surface area contributed by atoms with Gasteiger partial charge in [-0.2, -0.15) is 0 Å². The van der Waals surface area contributed by atoms with Gasteiger partial charge in [0.1, 0.15) is 30.0 Å². The van der Waals surface area contributed by atoms with E-state index in [1.807, 2.05) is 31.2 Å². The minimum Gasteiger partial charge on any atom is -0.370 e. The first-order chi connectivity index (χ1) is 35.3. The second-order valence-corrected chi connectivity index (χ2v) is 18.6. The van der Waals surface area contributed by atoms with Crippen molar-refractivity contribution in [3.8, 4) is 0 Å². The van der Waals surface area contributed by atoms with Crippen LogP contribution in [0.3, 0.4) is 0 Å². The number of H-pyrrole nitrogens is 1. The summed E-state index contributed by atoms with van der Waals surface area (Å²) in [7, 11) is 0. The molecule has 23 heteroatoms. The first-order valence-corrected chi connectivity index (χ1v) is 25.1. The van der Waals surface area contributed by atoms with E-state index in [0.29, 0.717) is 24.0 Å². The normalized spacial score (nSPS) is 20.2. The number of nitrogens with one attached hydrogen (secondary N) is 8. The number of primary amides is 2. The fraction of sp³-hybridized carbons (Fsp3) is 0.510. The quantitative estimate of drug-likeness (QED) is 0.0382. The van der Waals surface area contributed by atoms with Crippen LogP contribution in [-0.4, -0.2) is 120 Å². The summed E-state index contributed by atoms with van der Waals surface area (Å²) in [4.78, 5) is 143. The van der Waals surface area contributed by atoms with Gasteiger partial charge in [0.05, 0.1) is 6.04 Å². The molecule has 0 saturated carbocycles. The Hall–Kier alpha value is -7.85. The molecule has 1 aliphatic heterocycles. The number of aliphatic imine (C=N–C) groups is 1. The molecule has 0 radical (unpaired) electrons. The van der Waals surface area contributed by atoms with E-state index >= 15 is 0 Å². The van der Waals surface area contributed by atoms with Crippen molar-refractivity contribution in [2.24, 2.45) is 39.8 Å². The Bertz CT molecular complexity index is 2460. The van der Waals surface area contributed by atoms with Gasteiger partial charge in [-0.15, -0.1) is 0 Å². The van der Waals surface area contributed by atoms with Crippen molar-refractivity contribution < 1.29 is 47.9 Å². The molecular formula is C51H73N13O10. The fourth-order valence-corrected chi connectivity index (χ4v) is 8.72. The van der Waals surface area contributed by atoms with Crippen LogP contribution in [0.5, 0.6) is 0 Å². The maximum absolute atomic E-state index is 14.7. The number of nitrogens with zero attached hydrogens (tertiary/aromatic N) is 1. The number of Topliss-reactive ketones (excluding diaryl/α,β-unsaturated/α-hetero) is 2. The smallest absolute Gasteiger partial charge is 0.312 e. The largest absolute Gasteiger partial charge is 0.370 e. The van der Waals surface area contributed by atoms with E-state index < -0.39 is 114 Å². The number of fused-ring (bicyclic) bond motifs is 1. The van der Waals surface area contributed by atoms with Crippen LogP contribution >= 0.6 is 0 Å². The summed E-state index contributed by atoms with van der Waals surface area (Å²) in [6.07, 6.45) is 1.91. The highest BCUT2D eigenvalue weighted by Gasteiger charge is 2.35. The molecule has 4 rings (SSSR count). The lowest BCUT2D eigenvalue weighted by molar-refractivity contribution is -0.135. The van der Waals surface area contributed by atoms with Crippen LogP contribution in [0.15, 0.2) is 65.8 Å². The third-order valence-electron chi connectivity index (χ3n) is 12.7. The highest BCUT2D eigenvalue weighted by molar-refractivity contribution is 5.98. The van der Waals surface area contributed by atoms with E-state index in [4.69, 9.17) is 22.9 Å². The van der Waals surface area contributed by atoms with Crippen LogP contribution < -0.4 is 60.2 Å². The Morgan fingerprint density at radius 1 is 0.784 bits per heavy atom. The van der Waals surface area contributed by atoms with Gasteiger partial charge in [0.2, 0.25) is 41.4 Å². The minimum atomic E-state index is -1.44. The van der Waals surface area contributed by atoms with Gasteiger partial charge < -0.3 is 65.1 Å². The fourth-order valence-electron chi connectivity index (χ4n) is 8.72. The number of guanidine groups is 1. The number of ketones is 2. The second-order valence-electron chi connectivity index (χ2n) is 18.6. The number of nitrogens with two attached hydrogens (primary N) is 4. The Balaban J connectivity index is 1.76. The van der Waals surface area contributed by atoms with Gasteiger partial charge in [-0.1, -0.05) is 68.3 Å². The number of para-hydroxylation sites is 1. The lowest BCUT2D eigenvalue weighted by Gasteiger charge is -2.27. The Kier molecular flexibility index (Phi) is 24.0. The van der Waals surface area contributed by atoms with Gasteiger partial charge in [-0.25, -0.2) is 4.79 Å². The van der Waals surface area contributed by atoms with Gasteiger partial charge in [0.15, 0.2) is 11.7 Å². The number of rotatable bonds is 21. The summed E-state index contributed by atoms with van der Waals surface area (Å²) >= 11 is 0. The summed E-state index contributed by atoms with van der Waals surface area (Å²) < 4.78 is 0. The average Bonchev–Trinajstić information content (AvgIpc) is 3.76. The molecule has 1 aliphatic rings. The zero-order chi connectivity index (χ0) is 54.2. The van der Waals surface area contributed by atoms with Crippen molar-refractivity contribution in [3.63, 3.8) is 0 Å². The molecule has 0 unspecified atom stereocenters. The number of hydrogen-bond acceptors (Lipinski definition) is 11. The zero-order valence-electron chi connectivity index (χ0n) is 42.2. The molecule has 2 aromatic carbocycles. The lowest BCUT2D eigenvalue weighted by atomic mass is 9.84. The van der Waals surface area contributed by atoms with Crippen LogP contribution in [0.4, 0.5) is 4.79 Å². The topological polar surface area (TPSA) is 387 Å². The standard InChI is InChI=1S/C51H73N13O10/c1-3-4-16-37(60-30(2)65)47(71)62-39-19-20-44(68)56-24-21-33(46(70)64-41(45(52)69)26-34-29-59-36-17-9-8-15-35(34)36)28-42(66)32(14-10-22-57-50(53)54)27-43(67)40(25-31-12-6-5-7-13-31)63-48(72)38(61-49(39)73)18-11-23-58-51(55)74/h5-9,12-13,15,17,29,32-33,37-41,59H,3-4,10-11,14,16,18-28H2,1-2H3,(H2,52,69)(H,56,68)(H,60,65)(H,61,73)(H,62,71)(H,63,72)(H,64,70)(H4,53,54,57)(H3,55,58,74)/t32-,33-,37+,38+,39+,40-,41+/m1/s1. The molecule has 1 fully saturated rings. The van der Waals surface area contributed by atoms with Gasteiger partial charge in [0, 0.05) is 81.2 Å². The highest BCUT2D eigenvalue weighted by Crippen LogP contribution is 2.24. The van der Waals surface area contributed by atoms with E-state index in [9.17, 15) is 47.9 Å². The molecule has 74 heavy (non-hydrogen) atoms. The van der Waals surface area contributed by atoms with Gasteiger partial charge in [0.25, 0.3) is 0 Å². The van der Waals surface area contributed by atoms with E-state index in [1.54, 1.807) is 36.5 Å². The highest BCUT2D eigenvalue weighted by atomic mass is 16.2. The van der Waals surface area contributed by atoms with Crippen molar-refractivity contribution in [2.75, 3.05) is 19.6 Å². The monoisotopic (exact) mass is 1030 g/mol. The van der Waals surface area contributed by atoms with Crippen LogP contribution in [0, 0.1) is 11.8 Å². The number of aromatic nitrogens is 1. The van der Waals surface area contributed by atoms with Crippen molar-refractivity contribution in [2.45, 2.75) is 134 Å². The predicted molar refractivity (Wildman–Crippen MR) is 276 cm³/mol. The number of unbranched alkanes of at least 4 members (excludes halogenated alkanes) is 1. The van der Waals surface area contributed by atoms with Gasteiger partial charge in [-0.05, 0) is 68.6 Å². The van der Waals surface area contributed by atoms with E-state index in [-0.39, 0.29) is 89.8 Å². The predicted octanol–water partition coefficient (Wildman–Crippen LogP) is 0.0255. The van der Waals surface area contributed by atoms with Crippen LogP contribution in [0.25, 0.3) is 10.9 Å². The van der Waals surface area contributed by atoms with Gasteiger partial charge in [-0.3, -0.25) is 48.1 Å². The number of urea groups is 1. The molecular weight excluding hydrogens is 955 g/mol. The zero-order valence-corrected chi connectivity index (χ0v) is 42.2. The van der Waals surface area contributed by atoms with Crippen LogP contribution in [0.1, 0.15) is 102 Å². The van der Waals surface area contributed by atoms with E-state index in [1.165, 1.54) is 6.92 Å². The van der Waals surface area contributed by atoms with Crippen molar-refractivity contribution in [3.05, 3.63) is 71.9 Å². The molecule has 16 N–H and O–H groups in total. The minimum absolute atomic E-state index is 0.00740. The number of carbonyl (C=O) groups excluding carboxylic acids is 10. The number of carbonyl (C=O) groups is 10. The molecule has 3 aromatic rings. The van der Waals surface area contributed by atoms with Crippen molar-refractivity contribution in [1.82, 2.24) is 42.2 Å². The Morgan fingerprint density at radius 2 is 1.50 bits per heavy atom. The number of benzene rings is 2. The number of amides is 9.